The van der Waals surface area contributed by atoms with Gasteiger partial charge >= 0.3 is 0 Å². The lowest BCUT2D eigenvalue weighted by atomic mass is 10.3. The average Bonchev–Trinajstić information content (AvgIpc) is 1.83. The number of anilines is 2. The summed E-state index contributed by atoms with van der Waals surface area (Å²) in [5.74, 6) is 0.398. The Kier molecular flexibility index (Phi) is 1.22. The first-order valence-corrected chi connectivity index (χ1v) is 2.55. The molecule has 0 amide bonds. The van der Waals surface area contributed by atoms with Crippen molar-refractivity contribution in [3.05, 3.63) is 11.8 Å². The van der Waals surface area contributed by atoms with Crippen LogP contribution in [0.5, 0.6) is 0 Å². The van der Waals surface area contributed by atoms with Gasteiger partial charge in [0.05, 0.1) is 11.9 Å². The van der Waals surface area contributed by atoms with Gasteiger partial charge in [-0.1, -0.05) is 0 Å². The third-order valence-electron chi connectivity index (χ3n) is 1.18. The lowest BCUT2D eigenvalue weighted by Crippen LogP contribution is -2.00. The molecule has 4 nitrogen and oxygen atoms in total. The van der Waals surface area contributed by atoms with Crippen LogP contribution in [0.15, 0.2) is 6.20 Å². The quantitative estimate of drug-likeness (QED) is 0.508. The van der Waals surface area contributed by atoms with Gasteiger partial charge in [-0.2, -0.15) is 5.10 Å². The van der Waals surface area contributed by atoms with Gasteiger partial charge in [-0.15, -0.1) is 5.10 Å². The molecule has 1 aromatic rings. The summed E-state index contributed by atoms with van der Waals surface area (Å²) in [6.45, 7) is 1.80. The summed E-state index contributed by atoms with van der Waals surface area (Å²) >= 11 is 0. The van der Waals surface area contributed by atoms with Crippen molar-refractivity contribution in [2.75, 3.05) is 11.5 Å². The number of hydrogen-bond acceptors (Lipinski definition) is 4. The topological polar surface area (TPSA) is 77.8 Å². The minimum absolute atomic E-state index is 0.398. The maximum Gasteiger partial charge on any atom is 0.151 e. The van der Waals surface area contributed by atoms with Gasteiger partial charge in [-0.3, -0.25) is 0 Å². The van der Waals surface area contributed by atoms with Crippen molar-refractivity contribution < 1.29 is 0 Å². The van der Waals surface area contributed by atoms with Gasteiger partial charge in [0.25, 0.3) is 0 Å². The highest BCUT2D eigenvalue weighted by molar-refractivity contribution is 5.53. The van der Waals surface area contributed by atoms with Crippen LogP contribution in [0.2, 0.25) is 0 Å². The largest absolute Gasteiger partial charge is 0.397 e. The predicted octanol–water partition coefficient (Wildman–Crippen LogP) is -0.0506. The molecule has 0 atom stereocenters. The van der Waals surface area contributed by atoms with Crippen LogP contribution >= 0.6 is 0 Å². The molecule has 0 aliphatic rings. The molecule has 0 saturated heterocycles. The average molecular weight is 124 g/mol. The zero-order valence-electron chi connectivity index (χ0n) is 5.13. The van der Waals surface area contributed by atoms with Gasteiger partial charge in [0.1, 0.15) is 0 Å². The molecular formula is C5H8N4. The fourth-order valence-corrected chi connectivity index (χ4v) is 0.473. The molecule has 1 aromatic heterocycles. The third-order valence-corrected chi connectivity index (χ3v) is 1.18. The van der Waals surface area contributed by atoms with Gasteiger partial charge < -0.3 is 11.5 Å². The van der Waals surface area contributed by atoms with Gasteiger partial charge in [0.15, 0.2) is 5.82 Å². The second kappa shape index (κ2) is 1.89. The van der Waals surface area contributed by atoms with Crippen LogP contribution in [-0.2, 0) is 0 Å². The van der Waals surface area contributed by atoms with Crippen molar-refractivity contribution in [1.82, 2.24) is 10.2 Å². The van der Waals surface area contributed by atoms with Crippen LogP contribution in [0.3, 0.4) is 0 Å². The lowest BCUT2D eigenvalue weighted by molar-refractivity contribution is 1.03. The smallest absolute Gasteiger partial charge is 0.151 e. The molecule has 0 spiro atoms. The molecule has 0 aromatic carbocycles. The molecule has 4 heteroatoms. The summed E-state index contributed by atoms with van der Waals surface area (Å²) < 4.78 is 0. The lowest BCUT2D eigenvalue weighted by Gasteiger charge is -1.98. The summed E-state index contributed by atoms with van der Waals surface area (Å²) in [6.07, 6.45) is 1.48. The first kappa shape index (κ1) is 5.81. The van der Waals surface area contributed by atoms with Crippen LogP contribution in [0.4, 0.5) is 11.5 Å². The Morgan fingerprint density at radius 1 is 1.44 bits per heavy atom. The van der Waals surface area contributed by atoms with Crippen molar-refractivity contribution in [3.8, 4) is 0 Å². The molecule has 0 saturated carbocycles. The zero-order chi connectivity index (χ0) is 6.85. The number of hydrogen-bond donors (Lipinski definition) is 2. The number of nitrogens with zero attached hydrogens (tertiary/aromatic N) is 2. The van der Waals surface area contributed by atoms with Crippen molar-refractivity contribution in [2.24, 2.45) is 0 Å². The van der Waals surface area contributed by atoms with Gasteiger partial charge in [0.2, 0.25) is 0 Å². The molecule has 0 radical (unpaired) electrons. The highest BCUT2D eigenvalue weighted by Gasteiger charge is 1.96. The molecule has 4 N–H and O–H groups in total. The van der Waals surface area contributed by atoms with E-state index in [1.54, 1.807) is 6.92 Å². The summed E-state index contributed by atoms with van der Waals surface area (Å²) in [5, 5.41) is 7.13. The van der Waals surface area contributed by atoms with E-state index in [1.165, 1.54) is 6.20 Å². The Labute approximate surface area is 52.9 Å². The standard InChI is InChI=1S/C5H8N4/c1-3-4(6)2-8-9-5(3)7/h2H,1H3,(H4,6,7,9). The van der Waals surface area contributed by atoms with E-state index in [2.05, 4.69) is 10.2 Å². The van der Waals surface area contributed by atoms with E-state index in [0.29, 0.717) is 11.5 Å². The fraction of sp³-hybridized carbons (Fsp3) is 0.200. The van der Waals surface area contributed by atoms with Crippen molar-refractivity contribution in [3.63, 3.8) is 0 Å². The summed E-state index contributed by atoms with van der Waals surface area (Å²) in [4.78, 5) is 0. The van der Waals surface area contributed by atoms with E-state index in [-0.39, 0.29) is 0 Å². The summed E-state index contributed by atoms with van der Waals surface area (Å²) in [5.41, 5.74) is 12.2. The Morgan fingerprint density at radius 2 is 2.11 bits per heavy atom. The fourth-order valence-electron chi connectivity index (χ4n) is 0.473. The number of rotatable bonds is 0. The van der Waals surface area contributed by atoms with Crippen molar-refractivity contribution >= 4 is 11.5 Å². The van der Waals surface area contributed by atoms with E-state index < -0.39 is 0 Å². The molecule has 9 heavy (non-hydrogen) atoms. The van der Waals surface area contributed by atoms with E-state index in [0.717, 1.165) is 5.56 Å². The highest BCUT2D eigenvalue weighted by atomic mass is 15.1. The van der Waals surface area contributed by atoms with E-state index in [1.807, 2.05) is 0 Å². The van der Waals surface area contributed by atoms with E-state index in [9.17, 15) is 0 Å². The Bertz CT molecular complexity index is 200. The molecule has 48 valence electrons. The maximum absolute atomic E-state index is 5.44. The minimum Gasteiger partial charge on any atom is -0.397 e. The molecule has 0 bridgehead atoms. The highest BCUT2D eigenvalue weighted by Crippen LogP contribution is 2.11. The molecular weight excluding hydrogens is 116 g/mol. The van der Waals surface area contributed by atoms with Crippen LogP contribution in [0, 0.1) is 6.92 Å². The number of nitrogen functional groups attached to an aromatic ring is 2. The predicted molar refractivity (Wildman–Crippen MR) is 35.6 cm³/mol. The van der Waals surface area contributed by atoms with Crippen molar-refractivity contribution in [1.29, 1.82) is 0 Å². The van der Waals surface area contributed by atoms with Crippen LogP contribution in [0.1, 0.15) is 5.56 Å². The second-order valence-corrected chi connectivity index (χ2v) is 1.81. The summed E-state index contributed by atoms with van der Waals surface area (Å²) in [7, 11) is 0. The molecule has 0 aliphatic heterocycles. The Balaban J connectivity index is 3.25. The first-order chi connectivity index (χ1) is 4.22. The van der Waals surface area contributed by atoms with E-state index in [4.69, 9.17) is 11.5 Å². The number of aromatic nitrogens is 2. The Hall–Kier alpha value is -1.32. The van der Waals surface area contributed by atoms with E-state index >= 15 is 0 Å². The normalized spacial score (nSPS) is 9.44. The second-order valence-electron chi connectivity index (χ2n) is 1.81. The maximum atomic E-state index is 5.44. The van der Waals surface area contributed by atoms with Crippen molar-refractivity contribution in [2.45, 2.75) is 6.92 Å². The molecule has 0 aliphatic carbocycles. The molecule has 0 unspecified atom stereocenters. The van der Waals surface area contributed by atoms with Gasteiger partial charge in [-0.25, -0.2) is 0 Å². The van der Waals surface area contributed by atoms with Gasteiger partial charge in [-0.05, 0) is 6.92 Å². The van der Waals surface area contributed by atoms with Gasteiger partial charge in [0, 0.05) is 5.56 Å². The molecule has 1 heterocycles. The van der Waals surface area contributed by atoms with Crippen LogP contribution < -0.4 is 11.5 Å². The SMILES string of the molecule is Cc1c(N)cnnc1N. The third kappa shape index (κ3) is 0.910. The monoisotopic (exact) mass is 124 g/mol. The minimum atomic E-state index is 0.398. The summed E-state index contributed by atoms with van der Waals surface area (Å²) in [6, 6.07) is 0. The zero-order valence-corrected chi connectivity index (χ0v) is 5.13. The Morgan fingerprint density at radius 3 is 2.56 bits per heavy atom. The first-order valence-electron chi connectivity index (χ1n) is 2.55. The molecule has 0 fully saturated rings. The van der Waals surface area contributed by atoms with Crippen LogP contribution in [0.25, 0.3) is 0 Å². The van der Waals surface area contributed by atoms with Crippen LogP contribution in [-0.4, -0.2) is 10.2 Å². The number of nitrogens with two attached hydrogens (primary N) is 2. The molecule has 1 rings (SSSR count).